The van der Waals surface area contributed by atoms with E-state index in [1.165, 1.54) is 77.4 Å². The van der Waals surface area contributed by atoms with Crippen LogP contribution < -0.4 is 0 Å². The summed E-state index contributed by atoms with van der Waals surface area (Å²) >= 11 is 0. The minimum absolute atomic E-state index is 0.0694. The molecule has 0 bridgehead atoms. The van der Waals surface area contributed by atoms with Gasteiger partial charge < -0.3 is 20.2 Å². The Morgan fingerprint density at radius 2 is 0.692 bits per heavy atom. The lowest BCUT2D eigenvalue weighted by Gasteiger charge is -2.22. The van der Waals surface area contributed by atoms with Crippen molar-refractivity contribution in [2.24, 2.45) is 0 Å². The van der Waals surface area contributed by atoms with Crippen molar-refractivity contribution in [1.82, 2.24) is 9.80 Å². The summed E-state index contributed by atoms with van der Waals surface area (Å²) in [5.74, 6) is 0. The molecule has 0 spiro atoms. The average Bonchev–Trinajstić information content (AvgIpc) is 2.63. The van der Waals surface area contributed by atoms with E-state index in [0.29, 0.717) is 19.6 Å². The SMILES string of the molecule is CCCCCN(CCCCC)CCCCC.OCCN(CCO)CCO. The van der Waals surface area contributed by atoms with Crippen LogP contribution in [0.2, 0.25) is 0 Å². The number of aliphatic hydroxyl groups is 3. The van der Waals surface area contributed by atoms with E-state index < -0.39 is 0 Å². The molecule has 0 aromatic carbocycles. The number of hydrogen-bond acceptors (Lipinski definition) is 5. The number of unbranched alkanes of at least 4 members (excludes halogenated alkanes) is 6. The summed E-state index contributed by atoms with van der Waals surface area (Å²) < 4.78 is 0. The summed E-state index contributed by atoms with van der Waals surface area (Å²) in [6.07, 6.45) is 12.4. The van der Waals surface area contributed by atoms with Crippen molar-refractivity contribution in [1.29, 1.82) is 0 Å². The van der Waals surface area contributed by atoms with Crippen LogP contribution >= 0.6 is 0 Å². The summed E-state index contributed by atoms with van der Waals surface area (Å²) in [5.41, 5.74) is 0. The number of hydrogen-bond donors (Lipinski definition) is 3. The van der Waals surface area contributed by atoms with Gasteiger partial charge in [-0.3, -0.25) is 4.90 Å². The van der Waals surface area contributed by atoms with Crippen molar-refractivity contribution < 1.29 is 15.3 Å². The highest BCUT2D eigenvalue weighted by molar-refractivity contribution is 4.59. The van der Waals surface area contributed by atoms with E-state index in [0.717, 1.165) is 0 Å². The predicted octanol–water partition coefficient (Wildman–Crippen LogP) is 3.12. The third kappa shape index (κ3) is 21.8. The lowest BCUT2D eigenvalue weighted by atomic mass is 10.2. The Morgan fingerprint density at radius 3 is 0.923 bits per heavy atom. The van der Waals surface area contributed by atoms with Gasteiger partial charge >= 0.3 is 0 Å². The Hall–Kier alpha value is -0.200. The van der Waals surface area contributed by atoms with Gasteiger partial charge in [0.1, 0.15) is 0 Å². The van der Waals surface area contributed by atoms with E-state index in [1.807, 2.05) is 0 Å². The zero-order chi connectivity index (χ0) is 19.9. The maximum absolute atomic E-state index is 8.48. The molecule has 0 aromatic heterocycles. The van der Waals surface area contributed by atoms with Crippen molar-refractivity contribution in [3.8, 4) is 0 Å². The van der Waals surface area contributed by atoms with E-state index in [1.54, 1.807) is 4.90 Å². The van der Waals surface area contributed by atoms with Crippen molar-refractivity contribution in [3.05, 3.63) is 0 Å². The minimum atomic E-state index is 0.0694. The monoisotopic (exact) mass is 376 g/mol. The molecule has 0 rings (SSSR count). The summed E-state index contributed by atoms with van der Waals surface area (Å²) in [6, 6.07) is 0. The molecule has 0 unspecified atom stereocenters. The second-order valence-corrected chi connectivity index (χ2v) is 6.98. The van der Waals surface area contributed by atoms with Crippen LogP contribution in [0, 0.1) is 0 Å². The fourth-order valence-electron chi connectivity index (χ4n) is 2.85. The van der Waals surface area contributed by atoms with Gasteiger partial charge in [-0.1, -0.05) is 59.3 Å². The molecule has 0 heterocycles. The van der Waals surface area contributed by atoms with E-state index in [-0.39, 0.29) is 19.8 Å². The first kappa shape index (κ1) is 28.0. The van der Waals surface area contributed by atoms with Gasteiger partial charge in [-0.05, 0) is 38.9 Å². The molecule has 0 saturated heterocycles. The lowest BCUT2D eigenvalue weighted by molar-refractivity contribution is 0.136. The van der Waals surface area contributed by atoms with E-state index in [9.17, 15) is 0 Å². The smallest absolute Gasteiger partial charge is 0.0558 e. The Balaban J connectivity index is 0. The second kappa shape index (κ2) is 24.8. The molecule has 0 aliphatic heterocycles. The maximum atomic E-state index is 8.48. The molecule has 3 N–H and O–H groups in total. The molecule has 0 amide bonds. The molecular weight excluding hydrogens is 328 g/mol. The van der Waals surface area contributed by atoms with Gasteiger partial charge in [0.2, 0.25) is 0 Å². The highest BCUT2D eigenvalue weighted by Gasteiger charge is 2.03. The average molecular weight is 377 g/mol. The Morgan fingerprint density at radius 1 is 0.423 bits per heavy atom. The van der Waals surface area contributed by atoms with Crippen LogP contribution in [0.15, 0.2) is 0 Å². The Bertz CT molecular complexity index is 205. The minimum Gasteiger partial charge on any atom is -0.395 e. The van der Waals surface area contributed by atoms with Crippen molar-refractivity contribution in [2.75, 3.05) is 59.1 Å². The zero-order valence-electron chi connectivity index (χ0n) is 18.0. The number of rotatable bonds is 18. The molecule has 160 valence electrons. The first-order valence-electron chi connectivity index (χ1n) is 11.0. The zero-order valence-corrected chi connectivity index (χ0v) is 18.0. The first-order chi connectivity index (χ1) is 12.7. The third-order valence-corrected chi connectivity index (χ3v) is 4.48. The standard InChI is InChI=1S/C15H33N.C6H15NO3/c1-4-7-10-13-16(14-11-8-5-2)15-12-9-6-3;8-4-1-7(2-5-9)3-6-10/h4-15H2,1-3H3;8-10H,1-6H2. The molecule has 0 aliphatic carbocycles. The number of aliphatic hydroxyl groups excluding tert-OH is 3. The van der Waals surface area contributed by atoms with Crippen molar-refractivity contribution in [3.63, 3.8) is 0 Å². The Kier molecular flexibility index (Phi) is 26.7. The van der Waals surface area contributed by atoms with Crippen molar-refractivity contribution in [2.45, 2.75) is 78.6 Å². The second-order valence-electron chi connectivity index (χ2n) is 6.98. The summed E-state index contributed by atoms with van der Waals surface area (Å²) in [4.78, 5) is 4.49. The van der Waals surface area contributed by atoms with Crippen LogP contribution in [0.3, 0.4) is 0 Å². The molecule has 0 saturated carbocycles. The van der Waals surface area contributed by atoms with Crippen LogP contribution in [0.4, 0.5) is 0 Å². The van der Waals surface area contributed by atoms with Gasteiger partial charge in [0.25, 0.3) is 0 Å². The normalized spacial score (nSPS) is 11.1. The molecule has 5 nitrogen and oxygen atoms in total. The fourth-order valence-corrected chi connectivity index (χ4v) is 2.85. The molecule has 0 radical (unpaired) electrons. The molecular formula is C21H48N2O3. The maximum Gasteiger partial charge on any atom is 0.0558 e. The van der Waals surface area contributed by atoms with Gasteiger partial charge in [0, 0.05) is 19.6 Å². The quantitative estimate of drug-likeness (QED) is 0.321. The van der Waals surface area contributed by atoms with Gasteiger partial charge in [-0.2, -0.15) is 0 Å². The van der Waals surface area contributed by atoms with Crippen LogP contribution in [-0.2, 0) is 0 Å². The number of nitrogens with zero attached hydrogens (tertiary/aromatic N) is 2. The first-order valence-corrected chi connectivity index (χ1v) is 11.0. The molecule has 0 atom stereocenters. The highest BCUT2D eigenvalue weighted by Crippen LogP contribution is 2.05. The molecule has 0 aliphatic rings. The van der Waals surface area contributed by atoms with Gasteiger partial charge in [0.15, 0.2) is 0 Å². The van der Waals surface area contributed by atoms with E-state index >= 15 is 0 Å². The third-order valence-electron chi connectivity index (χ3n) is 4.48. The topological polar surface area (TPSA) is 67.2 Å². The summed E-state index contributed by atoms with van der Waals surface area (Å²) in [6.45, 7) is 12.6. The van der Waals surface area contributed by atoms with Crippen LogP contribution in [0.25, 0.3) is 0 Å². The fraction of sp³-hybridized carbons (Fsp3) is 1.00. The molecule has 26 heavy (non-hydrogen) atoms. The highest BCUT2D eigenvalue weighted by atomic mass is 16.3. The van der Waals surface area contributed by atoms with Gasteiger partial charge in [-0.15, -0.1) is 0 Å². The molecule has 5 heteroatoms. The Labute approximate surface area is 163 Å². The largest absolute Gasteiger partial charge is 0.395 e. The van der Waals surface area contributed by atoms with Gasteiger partial charge in [-0.25, -0.2) is 0 Å². The predicted molar refractivity (Wildman–Crippen MR) is 113 cm³/mol. The summed E-state index contributed by atoms with van der Waals surface area (Å²) in [7, 11) is 0. The molecule has 0 fully saturated rings. The van der Waals surface area contributed by atoms with Crippen molar-refractivity contribution >= 4 is 0 Å². The molecule has 0 aromatic rings. The summed E-state index contributed by atoms with van der Waals surface area (Å²) in [5, 5.41) is 25.5. The van der Waals surface area contributed by atoms with Crippen LogP contribution in [-0.4, -0.2) is 84.2 Å². The van der Waals surface area contributed by atoms with Gasteiger partial charge in [0.05, 0.1) is 19.8 Å². The van der Waals surface area contributed by atoms with Crippen LogP contribution in [0.5, 0.6) is 0 Å². The van der Waals surface area contributed by atoms with E-state index in [4.69, 9.17) is 15.3 Å². The lowest BCUT2D eigenvalue weighted by Crippen LogP contribution is -2.32. The van der Waals surface area contributed by atoms with Crippen LogP contribution in [0.1, 0.15) is 78.6 Å². The van der Waals surface area contributed by atoms with E-state index in [2.05, 4.69) is 25.7 Å².